The number of hydrogen-bond acceptors (Lipinski definition) is 4. The predicted molar refractivity (Wildman–Crippen MR) is 87.4 cm³/mol. The van der Waals surface area contributed by atoms with Gasteiger partial charge in [0.2, 0.25) is 0 Å². The average Bonchev–Trinajstić information content (AvgIpc) is 2.87. The Kier molecular flexibility index (Phi) is 4.12. The van der Waals surface area contributed by atoms with Gasteiger partial charge in [0.1, 0.15) is 5.82 Å². The molecule has 114 valence electrons. The van der Waals surface area contributed by atoms with E-state index in [2.05, 4.69) is 33.9 Å². The minimum atomic E-state index is 0.689. The molecule has 1 aromatic heterocycles. The molecule has 5 heteroatoms. The number of likely N-dealkylation sites (tertiary alicyclic amines) is 1. The molecule has 0 radical (unpaired) electrons. The molecular formula is C16H25N5. The van der Waals surface area contributed by atoms with E-state index in [1.54, 1.807) is 0 Å². The van der Waals surface area contributed by atoms with Crippen molar-refractivity contribution in [1.82, 2.24) is 19.8 Å². The SMILES string of the molecule is CN(C)C1CCCN(CCc2nc3ccc(N)cc3[nH]2)C1. The Balaban J connectivity index is 1.61. The Morgan fingerprint density at radius 3 is 3.10 bits per heavy atom. The third-order valence-electron chi connectivity index (χ3n) is 4.43. The Morgan fingerprint density at radius 1 is 1.43 bits per heavy atom. The van der Waals surface area contributed by atoms with E-state index in [1.165, 1.54) is 25.9 Å². The van der Waals surface area contributed by atoms with Crippen LogP contribution in [0.3, 0.4) is 0 Å². The molecule has 1 aliphatic heterocycles. The summed E-state index contributed by atoms with van der Waals surface area (Å²) in [4.78, 5) is 12.9. The van der Waals surface area contributed by atoms with Crippen LogP contribution in [0.25, 0.3) is 11.0 Å². The molecule has 5 nitrogen and oxygen atoms in total. The van der Waals surface area contributed by atoms with Gasteiger partial charge in [-0.05, 0) is 51.7 Å². The molecule has 1 saturated heterocycles. The number of nitrogens with two attached hydrogens (primary N) is 1. The fraction of sp³-hybridized carbons (Fsp3) is 0.562. The highest BCUT2D eigenvalue weighted by atomic mass is 15.2. The molecule has 0 aliphatic carbocycles. The zero-order valence-corrected chi connectivity index (χ0v) is 13.0. The molecule has 3 rings (SSSR count). The van der Waals surface area contributed by atoms with Crippen LogP contribution in [0.5, 0.6) is 0 Å². The molecule has 1 fully saturated rings. The summed E-state index contributed by atoms with van der Waals surface area (Å²) in [5.74, 6) is 1.06. The highest BCUT2D eigenvalue weighted by molar-refractivity contribution is 5.78. The second-order valence-electron chi connectivity index (χ2n) is 6.27. The highest BCUT2D eigenvalue weighted by Crippen LogP contribution is 2.17. The molecule has 0 bridgehead atoms. The number of benzene rings is 1. The van der Waals surface area contributed by atoms with Gasteiger partial charge in [0, 0.05) is 31.2 Å². The Morgan fingerprint density at radius 2 is 2.29 bits per heavy atom. The molecule has 2 heterocycles. The van der Waals surface area contributed by atoms with Crippen molar-refractivity contribution in [3.05, 3.63) is 24.0 Å². The molecule has 1 aromatic carbocycles. The molecule has 2 aromatic rings. The number of likely N-dealkylation sites (N-methyl/N-ethyl adjacent to an activating group) is 1. The van der Waals surface area contributed by atoms with Gasteiger partial charge in [-0.25, -0.2) is 4.98 Å². The van der Waals surface area contributed by atoms with Crippen molar-refractivity contribution in [3.63, 3.8) is 0 Å². The Hall–Kier alpha value is -1.59. The third kappa shape index (κ3) is 3.36. The van der Waals surface area contributed by atoms with Crippen LogP contribution in [-0.4, -0.2) is 59.5 Å². The van der Waals surface area contributed by atoms with Crippen molar-refractivity contribution in [3.8, 4) is 0 Å². The topological polar surface area (TPSA) is 61.2 Å². The van der Waals surface area contributed by atoms with Crippen LogP contribution >= 0.6 is 0 Å². The van der Waals surface area contributed by atoms with Crippen LogP contribution < -0.4 is 5.73 Å². The number of nitrogens with one attached hydrogen (secondary N) is 1. The summed E-state index contributed by atoms with van der Waals surface area (Å²) < 4.78 is 0. The molecule has 1 aliphatic rings. The highest BCUT2D eigenvalue weighted by Gasteiger charge is 2.21. The molecule has 0 saturated carbocycles. The molecule has 21 heavy (non-hydrogen) atoms. The first kappa shape index (κ1) is 14.4. The summed E-state index contributed by atoms with van der Waals surface area (Å²) in [6.07, 6.45) is 3.57. The molecular weight excluding hydrogens is 262 g/mol. The van der Waals surface area contributed by atoms with Crippen molar-refractivity contribution in [1.29, 1.82) is 0 Å². The van der Waals surface area contributed by atoms with Crippen LogP contribution in [-0.2, 0) is 6.42 Å². The van der Waals surface area contributed by atoms with Crippen LogP contribution in [0.15, 0.2) is 18.2 Å². The van der Waals surface area contributed by atoms with Gasteiger partial charge >= 0.3 is 0 Å². The van der Waals surface area contributed by atoms with Gasteiger partial charge in [-0.2, -0.15) is 0 Å². The van der Waals surface area contributed by atoms with Gasteiger partial charge in [-0.3, -0.25) is 0 Å². The lowest BCUT2D eigenvalue weighted by Crippen LogP contribution is -2.45. The van der Waals surface area contributed by atoms with E-state index in [9.17, 15) is 0 Å². The number of aromatic nitrogens is 2. The van der Waals surface area contributed by atoms with E-state index < -0.39 is 0 Å². The first-order valence-corrected chi connectivity index (χ1v) is 7.75. The number of nitrogens with zero attached hydrogens (tertiary/aromatic N) is 3. The maximum atomic E-state index is 5.81. The lowest BCUT2D eigenvalue weighted by molar-refractivity contribution is 0.134. The Labute approximate surface area is 126 Å². The van der Waals surface area contributed by atoms with Crippen LogP contribution in [0, 0.1) is 0 Å². The number of rotatable bonds is 4. The monoisotopic (exact) mass is 287 g/mol. The maximum absolute atomic E-state index is 5.81. The van der Waals surface area contributed by atoms with E-state index in [0.717, 1.165) is 35.5 Å². The number of anilines is 1. The zero-order valence-electron chi connectivity index (χ0n) is 13.0. The molecule has 0 spiro atoms. The first-order valence-electron chi connectivity index (χ1n) is 7.75. The number of piperidine rings is 1. The van der Waals surface area contributed by atoms with Gasteiger partial charge in [0.05, 0.1) is 11.0 Å². The summed E-state index contributed by atoms with van der Waals surface area (Å²) in [6.45, 7) is 3.44. The van der Waals surface area contributed by atoms with Crippen LogP contribution in [0.2, 0.25) is 0 Å². The average molecular weight is 287 g/mol. The van der Waals surface area contributed by atoms with E-state index in [-0.39, 0.29) is 0 Å². The van der Waals surface area contributed by atoms with Crippen molar-refractivity contribution >= 4 is 16.7 Å². The van der Waals surface area contributed by atoms with Crippen molar-refractivity contribution < 1.29 is 0 Å². The predicted octanol–water partition coefficient (Wildman–Crippen LogP) is 1.71. The number of fused-ring (bicyclic) bond motifs is 1. The van der Waals surface area contributed by atoms with Gasteiger partial charge in [-0.1, -0.05) is 0 Å². The second kappa shape index (κ2) is 6.03. The molecule has 0 amide bonds. The lowest BCUT2D eigenvalue weighted by Gasteiger charge is -2.36. The number of hydrogen-bond donors (Lipinski definition) is 2. The van der Waals surface area contributed by atoms with Gasteiger partial charge < -0.3 is 20.5 Å². The van der Waals surface area contributed by atoms with Crippen molar-refractivity contribution in [2.75, 3.05) is 39.5 Å². The van der Waals surface area contributed by atoms with E-state index in [4.69, 9.17) is 5.73 Å². The molecule has 1 unspecified atom stereocenters. The van der Waals surface area contributed by atoms with Gasteiger partial charge in [0.15, 0.2) is 0 Å². The Bertz CT molecular complexity index is 604. The normalized spacial score (nSPS) is 20.4. The molecule has 1 atom stereocenters. The first-order chi connectivity index (χ1) is 10.1. The quantitative estimate of drug-likeness (QED) is 0.841. The number of imidazole rings is 1. The largest absolute Gasteiger partial charge is 0.399 e. The lowest BCUT2D eigenvalue weighted by atomic mass is 10.0. The smallest absolute Gasteiger partial charge is 0.108 e. The van der Waals surface area contributed by atoms with Crippen molar-refractivity contribution in [2.24, 2.45) is 0 Å². The van der Waals surface area contributed by atoms with Gasteiger partial charge in [0.25, 0.3) is 0 Å². The summed E-state index contributed by atoms with van der Waals surface area (Å²) in [7, 11) is 4.36. The standard InChI is InChI=1S/C16H25N5/c1-20(2)13-4-3-8-21(11-13)9-7-16-18-14-6-5-12(17)10-15(14)19-16/h5-6,10,13H,3-4,7-9,11,17H2,1-2H3,(H,18,19). The van der Waals surface area contributed by atoms with Crippen LogP contribution in [0.1, 0.15) is 18.7 Å². The van der Waals surface area contributed by atoms with Crippen LogP contribution in [0.4, 0.5) is 5.69 Å². The second-order valence-corrected chi connectivity index (χ2v) is 6.27. The minimum Gasteiger partial charge on any atom is -0.399 e. The molecule has 3 N–H and O–H groups in total. The minimum absolute atomic E-state index is 0.689. The maximum Gasteiger partial charge on any atom is 0.108 e. The summed E-state index contributed by atoms with van der Waals surface area (Å²) in [6, 6.07) is 6.52. The fourth-order valence-corrected chi connectivity index (χ4v) is 3.12. The zero-order chi connectivity index (χ0) is 14.8. The fourth-order valence-electron chi connectivity index (χ4n) is 3.12. The third-order valence-corrected chi connectivity index (χ3v) is 4.43. The van der Waals surface area contributed by atoms with Gasteiger partial charge in [-0.15, -0.1) is 0 Å². The van der Waals surface area contributed by atoms with E-state index >= 15 is 0 Å². The number of aromatic amines is 1. The van der Waals surface area contributed by atoms with E-state index in [1.807, 2.05) is 18.2 Å². The summed E-state index contributed by atoms with van der Waals surface area (Å²) >= 11 is 0. The summed E-state index contributed by atoms with van der Waals surface area (Å²) in [5.41, 5.74) is 8.63. The summed E-state index contributed by atoms with van der Waals surface area (Å²) in [5, 5.41) is 0. The van der Waals surface area contributed by atoms with E-state index in [0.29, 0.717) is 6.04 Å². The van der Waals surface area contributed by atoms with Crippen molar-refractivity contribution in [2.45, 2.75) is 25.3 Å². The number of H-pyrrole nitrogens is 1. The number of nitrogen functional groups attached to an aromatic ring is 1.